The molecule has 1 heterocycles. The third kappa shape index (κ3) is 7.12. The first kappa shape index (κ1) is 21.5. The number of amides is 2. The zero-order valence-electron chi connectivity index (χ0n) is 16.4. The summed E-state index contributed by atoms with van der Waals surface area (Å²) >= 11 is 0. The largest absolute Gasteiger partial charge is 0.460 e. The average molecular weight is 368 g/mol. The van der Waals surface area contributed by atoms with Gasteiger partial charge in [0, 0.05) is 25.2 Å². The van der Waals surface area contributed by atoms with E-state index in [1.807, 2.05) is 0 Å². The summed E-state index contributed by atoms with van der Waals surface area (Å²) in [5.41, 5.74) is -1.45. The van der Waals surface area contributed by atoms with Crippen molar-refractivity contribution in [2.45, 2.75) is 59.1 Å². The van der Waals surface area contributed by atoms with Gasteiger partial charge in [-0.05, 0) is 41.5 Å². The maximum atomic E-state index is 12.2. The third-order valence-electron chi connectivity index (χ3n) is 3.04. The van der Waals surface area contributed by atoms with Gasteiger partial charge in [-0.15, -0.1) is 0 Å². The number of hydrogen-bond donors (Lipinski definition) is 2. The number of aryl methyl sites for hydroxylation is 1. The van der Waals surface area contributed by atoms with Crippen LogP contribution in [0.1, 0.15) is 58.6 Å². The Morgan fingerprint density at radius 1 is 1.19 bits per heavy atom. The first-order valence-electron chi connectivity index (χ1n) is 8.34. The van der Waals surface area contributed by atoms with Crippen LogP contribution in [0.3, 0.4) is 0 Å². The molecule has 0 saturated heterocycles. The van der Waals surface area contributed by atoms with Crippen molar-refractivity contribution in [2.75, 3.05) is 11.9 Å². The van der Waals surface area contributed by atoms with E-state index in [9.17, 15) is 14.4 Å². The van der Waals surface area contributed by atoms with Crippen LogP contribution in [-0.2, 0) is 21.3 Å². The summed E-state index contributed by atoms with van der Waals surface area (Å²) in [6.07, 6.45) is 0.911. The summed E-state index contributed by atoms with van der Waals surface area (Å²) in [5.74, 6) is -0.607. The standard InChI is InChI=1S/C17H28N4O5/c1-8-25-14(23)13-19-11(10-21(13)7)18-12(22)9-17(5,6)20-15(24)26-16(2,3)4/h10H,8-9H2,1-7H3,(H,18,22)(H,20,24). The van der Waals surface area contributed by atoms with Crippen LogP contribution in [-0.4, -0.2) is 45.3 Å². The molecule has 0 saturated carbocycles. The van der Waals surface area contributed by atoms with Gasteiger partial charge in [-0.25, -0.2) is 14.6 Å². The normalized spacial score (nSPS) is 11.7. The highest BCUT2D eigenvalue weighted by atomic mass is 16.6. The molecule has 146 valence electrons. The Kier molecular flexibility index (Phi) is 6.77. The second-order valence-electron chi connectivity index (χ2n) is 7.52. The number of nitrogens with one attached hydrogen (secondary N) is 2. The first-order valence-corrected chi connectivity index (χ1v) is 8.34. The van der Waals surface area contributed by atoms with Crippen molar-refractivity contribution < 1.29 is 23.9 Å². The fourth-order valence-electron chi connectivity index (χ4n) is 2.12. The van der Waals surface area contributed by atoms with Gasteiger partial charge in [0.1, 0.15) is 5.60 Å². The predicted molar refractivity (Wildman–Crippen MR) is 95.9 cm³/mol. The minimum atomic E-state index is -0.828. The molecule has 0 radical (unpaired) electrons. The zero-order chi connectivity index (χ0) is 20.1. The van der Waals surface area contributed by atoms with Crippen molar-refractivity contribution >= 4 is 23.8 Å². The van der Waals surface area contributed by atoms with E-state index in [0.717, 1.165) is 0 Å². The van der Waals surface area contributed by atoms with E-state index >= 15 is 0 Å². The quantitative estimate of drug-likeness (QED) is 0.745. The number of rotatable bonds is 6. The number of hydrogen-bond acceptors (Lipinski definition) is 6. The number of carbonyl (C=O) groups excluding carboxylic acids is 3. The van der Waals surface area contributed by atoms with Crippen LogP contribution in [0.25, 0.3) is 0 Å². The second-order valence-corrected chi connectivity index (χ2v) is 7.52. The summed E-state index contributed by atoms with van der Waals surface area (Å²) in [6.45, 7) is 10.6. The molecule has 0 fully saturated rings. The zero-order valence-corrected chi connectivity index (χ0v) is 16.4. The maximum Gasteiger partial charge on any atom is 0.408 e. The summed E-state index contributed by atoms with van der Waals surface area (Å²) in [7, 11) is 1.63. The molecular formula is C17H28N4O5. The van der Waals surface area contributed by atoms with Gasteiger partial charge >= 0.3 is 12.1 Å². The van der Waals surface area contributed by atoms with Gasteiger partial charge in [-0.2, -0.15) is 0 Å². The predicted octanol–water partition coefficient (Wildman–Crippen LogP) is 2.23. The van der Waals surface area contributed by atoms with Crippen LogP contribution in [0.2, 0.25) is 0 Å². The van der Waals surface area contributed by atoms with E-state index < -0.39 is 23.2 Å². The first-order chi connectivity index (χ1) is 11.8. The highest BCUT2D eigenvalue weighted by molar-refractivity contribution is 5.92. The number of alkyl carbamates (subject to hydrolysis) is 1. The van der Waals surface area contributed by atoms with Gasteiger partial charge in [-0.3, -0.25) is 4.79 Å². The molecular weight excluding hydrogens is 340 g/mol. The van der Waals surface area contributed by atoms with Crippen LogP contribution >= 0.6 is 0 Å². The number of aromatic nitrogens is 2. The lowest BCUT2D eigenvalue weighted by molar-refractivity contribution is -0.117. The maximum absolute atomic E-state index is 12.2. The number of carbonyl (C=O) groups is 3. The molecule has 1 rings (SSSR count). The second kappa shape index (κ2) is 8.20. The number of anilines is 1. The summed E-state index contributed by atoms with van der Waals surface area (Å²) < 4.78 is 11.6. The SMILES string of the molecule is CCOC(=O)c1nc(NC(=O)CC(C)(C)NC(=O)OC(C)(C)C)cn1C. The van der Waals surface area contributed by atoms with E-state index in [2.05, 4.69) is 15.6 Å². The van der Waals surface area contributed by atoms with E-state index in [-0.39, 0.29) is 30.6 Å². The van der Waals surface area contributed by atoms with Crippen molar-refractivity contribution in [1.29, 1.82) is 0 Å². The Hall–Kier alpha value is -2.58. The molecule has 1 aromatic rings. The fraction of sp³-hybridized carbons (Fsp3) is 0.647. The lowest BCUT2D eigenvalue weighted by Gasteiger charge is -2.28. The molecule has 9 heteroatoms. The van der Waals surface area contributed by atoms with E-state index in [1.165, 1.54) is 10.8 Å². The minimum Gasteiger partial charge on any atom is -0.460 e. The molecule has 2 amide bonds. The van der Waals surface area contributed by atoms with Gasteiger partial charge in [0.15, 0.2) is 5.82 Å². The van der Waals surface area contributed by atoms with Crippen LogP contribution in [0.4, 0.5) is 10.6 Å². The topological polar surface area (TPSA) is 112 Å². The number of nitrogens with zero attached hydrogens (tertiary/aromatic N) is 2. The van der Waals surface area contributed by atoms with Gasteiger partial charge < -0.3 is 24.7 Å². The van der Waals surface area contributed by atoms with Crippen LogP contribution < -0.4 is 10.6 Å². The van der Waals surface area contributed by atoms with Crippen LogP contribution in [0.5, 0.6) is 0 Å². The van der Waals surface area contributed by atoms with Gasteiger partial charge in [0.25, 0.3) is 0 Å². The fourth-order valence-corrected chi connectivity index (χ4v) is 2.12. The molecule has 0 aliphatic rings. The van der Waals surface area contributed by atoms with E-state index in [4.69, 9.17) is 9.47 Å². The molecule has 26 heavy (non-hydrogen) atoms. The molecule has 2 N–H and O–H groups in total. The van der Waals surface area contributed by atoms with Crippen molar-refractivity contribution in [3.05, 3.63) is 12.0 Å². The number of ether oxygens (including phenoxy) is 2. The molecule has 0 aromatic carbocycles. The monoisotopic (exact) mass is 368 g/mol. The summed E-state index contributed by atoms with van der Waals surface area (Å²) in [6, 6.07) is 0. The Balaban J connectivity index is 2.67. The molecule has 0 aliphatic carbocycles. The van der Waals surface area contributed by atoms with Crippen LogP contribution in [0.15, 0.2) is 6.20 Å². The summed E-state index contributed by atoms with van der Waals surface area (Å²) in [4.78, 5) is 39.9. The number of esters is 1. The van der Waals surface area contributed by atoms with E-state index in [1.54, 1.807) is 48.6 Å². The van der Waals surface area contributed by atoms with Gasteiger partial charge in [0.05, 0.1) is 6.61 Å². The Bertz CT molecular complexity index is 673. The van der Waals surface area contributed by atoms with Crippen molar-refractivity contribution in [3.8, 4) is 0 Å². The summed E-state index contributed by atoms with van der Waals surface area (Å²) in [5, 5.41) is 5.27. The smallest absolute Gasteiger partial charge is 0.408 e. The Morgan fingerprint density at radius 2 is 1.81 bits per heavy atom. The molecule has 0 atom stereocenters. The molecule has 0 bridgehead atoms. The molecule has 0 aliphatic heterocycles. The highest BCUT2D eigenvalue weighted by Gasteiger charge is 2.27. The van der Waals surface area contributed by atoms with Crippen molar-refractivity contribution in [2.24, 2.45) is 7.05 Å². The number of imidazole rings is 1. The average Bonchev–Trinajstić information content (AvgIpc) is 2.75. The van der Waals surface area contributed by atoms with Gasteiger partial charge in [0.2, 0.25) is 11.7 Å². The lowest BCUT2D eigenvalue weighted by atomic mass is 10.0. The van der Waals surface area contributed by atoms with Crippen LogP contribution in [0, 0.1) is 0 Å². The van der Waals surface area contributed by atoms with E-state index in [0.29, 0.717) is 0 Å². The molecule has 0 unspecified atom stereocenters. The van der Waals surface area contributed by atoms with Crippen molar-refractivity contribution in [3.63, 3.8) is 0 Å². The minimum absolute atomic E-state index is 0.00242. The molecule has 1 aromatic heterocycles. The Morgan fingerprint density at radius 3 is 2.35 bits per heavy atom. The Labute approximate surface area is 153 Å². The molecule has 0 spiro atoms. The lowest BCUT2D eigenvalue weighted by Crippen LogP contribution is -2.47. The van der Waals surface area contributed by atoms with Gasteiger partial charge in [-0.1, -0.05) is 0 Å². The molecule has 9 nitrogen and oxygen atoms in total. The third-order valence-corrected chi connectivity index (χ3v) is 3.04. The van der Waals surface area contributed by atoms with Crippen molar-refractivity contribution in [1.82, 2.24) is 14.9 Å². The highest BCUT2D eigenvalue weighted by Crippen LogP contribution is 2.14.